The first-order valence-corrected chi connectivity index (χ1v) is 6.69. The zero-order chi connectivity index (χ0) is 13.6. The van der Waals surface area contributed by atoms with Crippen LogP contribution in [0.4, 0.5) is 0 Å². The predicted molar refractivity (Wildman–Crippen MR) is 75.7 cm³/mol. The van der Waals surface area contributed by atoms with Crippen molar-refractivity contribution >= 4 is 28.2 Å². The summed E-state index contributed by atoms with van der Waals surface area (Å²) in [6.45, 7) is 2.06. The first-order valence-electron chi connectivity index (χ1n) is 5.81. The lowest BCUT2D eigenvalue weighted by Gasteiger charge is -2.01. The minimum atomic E-state index is -0.988. The lowest BCUT2D eigenvalue weighted by atomic mass is 10.2. The van der Waals surface area contributed by atoms with Gasteiger partial charge in [0.25, 0.3) is 0 Å². The molecule has 19 heavy (non-hydrogen) atoms. The monoisotopic (exact) mass is 272 g/mol. The number of nitrogens with zero attached hydrogens (tertiary/aromatic N) is 2. The van der Waals surface area contributed by atoms with Crippen molar-refractivity contribution in [2.75, 3.05) is 0 Å². The van der Waals surface area contributed by atoms with Gasteiger partial charge in [-0.3, -0.25) is 0 Å². The van der Waals surface area contributed by atoms with Gasteiger partial charge in [0.15, 0.2) is 5.69 Å². The molecule has 0 radical (unpaired) electrons. The second-order valence-electron chi connectivity index (χ2n) is 4.46. The average Bonchev–Trinajstić information content (AvgIpc) is 2.96. The molecule has 1 N–H and O–H groups in total. The molecule has 2 heterocycles. The van der Waals surface area contributed by atoms with Gasteiger partial charge in [0, 0.05) is 29.2 Å². The van der Waals surface area contributed by atoms with Crippen molar-refractivity contribution in [1.29, 1.82) is 0 Å². The highest BCUT2D eigenvalue weighted by atomic mass is 32.1. The topological polar surface area (TPSA) is 55.1 Å². The van der Waals surface area contributed by atoms with Crippen molar-refractivity contribution in [3.63, 3.8) is 0 Å². The molecule has 3 rings (SSSR count). The molecule has 0 amide bonds. The standard InChI is InChI=1S/C14H12N2O2S/c1-8-5-9-3-4-10(6-12(9)16(8)2)13-15-11(7-19-13)14(17)18/h3-7H,1-2H3,(H,17,18). The highest BCUT2D eigenvalue weighted by molar-refractivity contribution is 7.13. The maximum atomic E-state index is 10.9. The Morgan fingerprint density at radius 3 is 2.84 bits per heavy atom. The Hall–Kier alpha value is -2.14. The van der Waals surface area contributed by atoms with Crippen LogP contribution >= 0.6 is 11.3 Å². The summed E-state index contributed by atoms with van der Waals surface area (Å²) in [6, 6.07) is 8.20. The number of aromatic carboxylic acids is 1. The van der Waals surface area contributed by atoms with E-state index in [0.29, 0.717) is 0 Å². The van der Waals surface area contributed by atoms with Crippen molar-refractivity contribution in [3.05, 3.63) is 41.0 Å². The van der Waals surface area contributed by atoms with Crippen molar-refractivity contribution in [2.45, 2.75) is 6.92 Å². The fraction of sp³-hybridized carbons (Fsp3) is 0.143. The van der Waals surface area contributed by atoms with E-state index in [4.69, 9.17) is 5.11 Å². The van der Waals surface area contributed by atoms with Crippen LogP contribution in [-0.2, 0) is 7.05 Å². The van der Waals surface area contributed by atoms with Crippen molar-refractivity contribution in [2.24, 2.45) is 7.05 Å². The van der Waals surface area contributed by atoms with Crippen LogP contribution in [0.25, 0.3) is 21.5 Å². The van der Waals surface area contributed by atoms with Gasteiger partial charge in [0.2, 0.25) is 0 Å². The molecule has 0 aliphatic rings. The molecule has 0 saturated carbocycles. The predicted octanol–water partition coefficient (Wildman–Crippen LogP) is 3.31. The van der Waals surface area contributed by atoms with Gasteiger partial charge in [-0.2, -0.15) is 0 Å². The largest absolute Gasteiger partial charge is 0.476 e. The van der Waals surface area contributed by atoms with E-state index in [1.165, 1.54) is 22.4 Å². The molecule has 0 aliphatic heterocycles. The van der Waals surface area contributed by atoms with Crippen LogP contribution < -0.4 is 0 Å². The van der Waals surface area contributed by atoms with Crippen LogP contribution in [0.5, 0.6) is 0 Å². The van der Waals surface area contributed by atoms with E-state index in [0.717, 1.165) is 16.1 Å². The van der Waals surface area contributed by atoms with Gasteiger partial charge in [-0.05, 0) is 24.4 Å². The molecule has 0 spiro atoms. The van der Waals surface area contributed by atoms with Crippen LogP contribution in [0.15, 0.2) is 29.6 Å². The molecule has 0 saturated heterocycles. The Morgan fingerprint density at radius 1 is 1.37 bits per heavy atom. The number of thiazole rings is 1. The molecule has 2 aromatic heterocycles. The Kier molecular flexibility index (Phi) is 2.64. The summed E-state index contributed by atoms with van der Waals surface area (Å²) in [4.78, 5) is 15.0. The second-order valence-corrected chi connectivity index (χ2v) is 5.32. The van der Waals surface area contributed by atoms with E-state index in [2.05, 4.69) is 22.5 Å². The highest BCUT2D eigenvalue weighted by Gasteiger charge is 2.11. The van der Waals surface area contributed by atoms with Crippen LogP contribution in [-0.4, -0.2) is 20.6 Å². The van der Waals surface area contributed by atoms with Gasteiger partial charge < -0.3 is 9.67 Å². The third-order valence-electron chi connectivity index (χ3n) is 3.26. The fourth-order valence-electron chi connectivity index (χ4n) is 2.11. The highest BCUT2D eigenvalue weighted by Crippen LogP contribution is 2.28. The summed E-state index contributed by atoms with van der Waals surface area (Å²) >= 11 is 1.35. The number of aryl methyl sites for hydroxylation is 2. The van der Waals surface area contributed by atoms with Crippen molar-refractivity contribution in [3.8, 4) is 10.6 Å². The first kappa shape index (κ1) is 11.9. The lowest BCUT2D eigenvalue weighted by molar-refractivity contribution is 0.0691. The zero-order valence-electron chi connectivity index (χ0n) is 10.5. The number of carbonyl (C=O) groups is 1. The Morgan fingerprint density at radius 2 is 2.16 bits per heavy atom. The fourth-order valence-corrected chi connectivity index (χ4v) is 2.90. The van der Waals surface area contributed by atoms with Gasteiger partial charge >= 0.3 is 5.97 Å². The molecule has 1 aromatic carbocycles. The maximum absolute atomic E-state index is 10.9. The van der Waals surface area contributed by atoms with Gasteiger partial charge in [0.1, 0.15) is 5.01 Å². The van der Waals surface area contributed by atoms with Crippen LogP contribution in [0.1, 0.15) is 16.2 Å². The second kappa shape index (κ2) is 4.20. The lowest BCUT2D eigenvalue weighted by Crippen LogP contribution is -1.95. The smallest absolute Gasteiger partial charge is 0.355 e. The van der Waals surface area contributed by atoms with Crippen molar-refractivity contribution < 1.29 is 9.90 Å². The third kappa shape index (κ3) is 1.92. The molecule has 96 valence electrons. The number of carboxylic acids is 1. The van der Waals surface area contributed by atoms with E-state index in [9.17, 15) is 4.79 Å². The molecule has 4 nitrogen and oxygen atoms in total. The van der Waals surface area contributed by atoms with Crippen molar-refractivity contribution in [1.82, 2.24) is 9.55 Å². The number of aromatic nitrogens is 2. The first-order chi connectivity index (χ1) is 9.06. The quantitative estimate of drug-likeness (QED) is 0.778. The maximum Gasteiger partial charge on any atom is 0.355 e. The van der Waals surface area contributed by atoms with Gasteiger partial charge in [-0.15, -0.1) is 11.3 Å². The van der Waals surface area contributed by atoms with E-state index in [1.807, 2.05) is 25.2 Å². The van der Waals surface area contributed by atoms with Crippen LogP contribution in [0.2, 0.25) is 0 Å². The minimum absolute atomic E-state index is 0.100. The van der Waals surface area contributed by atoms with Gasteiger partial charge in [0.05, 0.1) is 0 Å². The molecule has 0 bridgehead atoms. The van der Waals surface area contributed by atoms with Crippen LogP contribution in [0, 0.1) is 6.92 Å². The molecule has 3 aromatic rings. The van der Waals surface area contributed by atoms with Gasteiger partial charge in [-0.25, -0.2) is 9.78 Å². The normalized spacial score (nSPS) is 11.1. The summed E-state index contributed by atoms with van der Waals surface area (Å²) in [6.07, 6.45) is 0. The van der Waals surface area contributed by atoms with E-state index < -0.39 is 5.97 Å². The zero-order valence-corrected chi connectivity index (χ0v) is 11.4. The Labute approximate surface area is 113 Å². The number of hydrogen-bond acceptors (Lipinski definition) is 3. The number of fused-ring (bicyclic) bond motifs is 1. The minimum Gasteiger partial charge on any atom is -0.476 e. The summed E-state index contributed by atoms with van der Waals surface area (Å²) in [5, 5.41) is 12.4. The number of rotatable bonds is 2. The number of benzene rings is 1. The molecule has 5 heteroatoms. The average molecular weight is 272 g/mol. The Balaban J connectivity index is 2.14. The van der Waals surface area contributed by atoms with Crippen LogP contribution in [0.3, 0.4) is 0 Å². The molecule has 0 fully saturated rings. The molecular formula is C14H12N2O2S. The third-order valence-corrected chi connectivity index (χ3v) is 4.15. The summed E-state index contributed by atoms with van der Waals surface area (Å²) in [5.41, 5.74) is 3.37. The summed E-state index contributed by atoms with van der Waals surface area (Å²) < 4.78 is 2.12. The van der Waals surface area contributed by atoms with E-state index in [1.54, 1.807) is 5.38 Å². The summed E-state index contributed by atoms with van der Waals surface area (Å²) in [5.74, 6) is -0.988. The SMILES string of the molecule is Cc1cc2ccc(-c3nc(C(=O)O)cs3)cc2n1C. The van der Waals surface area contributed by atoms with Gasteiger partial charge in [-0.1, -0.05) is 12.1 Å². The van der Waals surface area contributed by atoms with E-state index >= 15 is 0 Å². The summed E-state index contributed by atoms with van der Waals surface area (Å²) in [7, 11) is 2.02. The Bertz CT molecular complexity index is 786. The van der Waals surface area contributed by atoms with E-state index in [-0.39, 0.29) is 5.69 Å². The number of carboxylic acid groups (broad SMARTS) is 1. The molecular weight excluding hydrogens is 260 g/mol. The molecule has 0 aliphatic carbocycles. The molecule has 0 atom stereocenters. The number of hydrogen-bond donors (Lipinski definition) is 1. The molecule has 0 unspecified atom stereocenters.